The summed E-state index contributed by atoms with van der Waals surface area (Å²) in [7, 11) is 0. The second-order valence-electron chi connectivity index (χ2n) is 5.66. The molecule has 134 valence electrons. The average Bonchev–Trinajstić information content (AvgIpc) is 2.90. The molecule has 1 fully saturated rings. The highest BCUT2D eigenvalue weighted by atomic mass is 35.5. The number of ether oxygens (including phenoxy) is 1. The van der Waals surface area contributed by atoms with Crippen LogP contribution < -0.4 is 5.32 Å². The van der Waals surface area contributed by atoms with Gasteiger partial charge in [-0.15, -0.1) is 0 Å². The Hall–Kier alpha value is -2.19. The number of hydrogen-bond donors (Lipinski definition) is 2. The van der Waals surface area contributed by atoms with E-state index in [4.69, 9.17) is 16.3 Å². The normalized spacial score (nSPS) is 19.7. The fourth-order valence-corrected chi connectivity index (χ4v) is 3.03. The van der Waals surface area contributed by atoms with Crippen molar-refractivity contribution in [1.82, 2.24) is 10.4 Å². The fraction of sp³-hybridized carbons (Fsp3) is 0.312. The van der Waals surface area contributed by atoms with Crippen molar-refractivity contribution < 1.29 is 27.9 Å². The highest BCUT2D eigenvalue weighted by molar-refractivity contribution is 6.32. The van der Waals surface area contributed by atoms with Gasteiger partial charge in [0.25, 0.3) is 0 Å². The zero-order chi connectivity index (χ0) is 18.2. The van der Waals surface area contributed by atoms with E-state index in [9.17, 15) is 23.2 Å². The molecule has 2 aliphatic heterocycles. The van der Waals surface area contributed by atoms with Crippen LogP contribution in [0, 0.1) is 0 Å². The predicted molar refractivity (Wildman–Crippen MR) is 82.7 cm³/mol. The van der Waals surface area contributed by atoms with Gasteiger partial charge in [-0.2, -0.15) is 13.2 Å². The van der Waals surface area contributed by atoms with Crippen molar-refractivity contribution in [1.29, 1.82) is 0 Å². The van der Waals surface area contributed by atoms with Gasteiger partial charge in [0.1, 0.15) is 12.4 Å². The first-order valence-electron chi connectivity index (χ1n) is 7.40. The smallest absolute Gasteiger partial charge is 0.417 e. The topological polar surface area (TPSA) is 61.8 Å². The molecule has 3 rings (SSSR count). The van der Waals surface area contributed by atoms with Crippen LogP contribution in [0.1, 0.15) is 11.1 Å². The summed E-state index contributed by atoms with van der Waals surface area (Å²) in [5, 5.41) is 12.6. The molecule has 1 amide bonds. The van der Waals surface area contributed by atoms with Gasteiger partial charge in [-0.3, -0.25) is 15.1 Å². The molecule has 0 spiro atoms. The number of carbonyl (C=O) groups excluding carboxylic acids is 1. The van der Waals surface area contributed by atoms with Crippen molar-refractivity contribution in [3.8, 4) is 0 Å². The number of benzene rings is 1. The lowest BCUT2D eigenvalue weighted by atomic mass is 10.0. The molecule has 1 aromatic rings. The molecule has 25 heavy (non-hydrogen) atoms. The quantitative estimate of drug-likeness (QED) is 0.854. The summed E-state index contributed by atoms with van der Waals surface area (Å²) in [5.41, 5.74) is -0.136. The molecule has 9 heteroatoms. The van der Waals surface area contributed by atoms with Crippen LogP contribution >= 0.6 is 11.6 Å². The predicted octanol–water partition coefficient (Wildman–Crippen LogP) is 2.89. The summed E-state index contributed by atoms with van der Waals surface area (Å²) < 4.78 is 44.0. The summed E-state index contributed by atoms with van der Waals surface area (Å²) in [6.07, 6.45) is -1.74. The molecule has 0 aromatic heterocycles. The van der Waals surface area contributed by atoms with Crippen molar-refractivity contribution in [2.75, 3.05) is 13.2 Å². The minimum atomic E-state index is -4.58. The molecule has 1 aromatic carbocycles. The first-order chi connectivity index (χ1) is 11.8. The monoisotopic (exact) mass is 374 g/mol. The summed E-state index contributed by atoms with van der Waals surface area (Å²) in [4.78, 5) is 12.2. The minimum Gasteiger partial charge on any atom is -0.489 e. The van der Waals surface area contributed by atoms with Crippen molar-refractivity contribution in [2.45, 2.75) is 18.6 Å². The fourth-order valence-electron chi connectivity index (χ4n) is 2.73. The van der Waals surface area contributed by atoms with E-state index in [2.05, 4.69) is 5.32 Å². The van der Waals surface area contributed by atoms with E-state index < -0.39 is 28.7 Å². The molecule has 1 saturated heterocycles. The number of halogens is 4. The highest BCUT2D eigenvalue weighted by Gasteiger charge is 2.34. The lowest BCUT2D eigenvalue weighted by molar-refractivity contribution is -0.137. The zero-order valence-corrected chi connectivity index (χ0v) is 13.6. The Labute approximate surface area is 146 Å². The SMILES string of the molecule is O=C(Cc1cccc(C(F)(F)F)c1Cl)NC1COC2=CN(O)CC=C21. The van der Waals surface area contributed by atoms with E-state index in [1.807, 2.05) is 0 Å². The summed E-state index contributed by atoms with van der Waals surface area (Å²) in [6, 6.07) is 3.06. The lowest BCUT2D eigenvalue weighted by Gasteiger charge is -2.18. The van der Waals surface area contributed by atoms with Crippen LogP contribution in [0.25, 0.3) is 0 Å². The number of hydrogen-bond acceptors (Lipinski definition) is 4. The van der Waals surface area contributed by atoms with Gasteiger partial charge in [-0.1, -0.05) is 29.8 Å². The van der Waals surface area contributed by atoms with Gasteiger partial charge in [-0.05, 0) is 11.6 Å². The van der Waals surface area contributed by atoms with Gasteiger partial charge in [0.05, 0.1) is 35.8 Å². The Bertz CT molecular complexity index is 761. The first kappa shape index (κ1) is 17.6. The number of nitrogens with one attached hydrogen (secondary N) is 1. The molecule has 0 saturated carbocycles. The third kappa shape index (κ3) is 3.74. The number of carbonyl (C=O) groups is 1. The molecule has 0 aliphatic carbocycles. The Balaban J connectivity index is 1.69. The maximum Gasteiger partial charge on any atom is 0.417 e. The molecule has 1 atom stereocenters. The number of rotatable bonds is 3. The summed E-state index contributed by atoms with van der Waals surface area (Å²) >= 11 is 5.80. The summed E-state index contributed by atoms with van der Waals surface area (Å²) in [5.74, 6) is -0.0143. The lowest BCUT2D eigenvalue weighted by Crippen LogP contribution is -2.37. The molecule has 0 bridgehead atoms. The number of hydroxylamine groups is 2. The maximum atomic E-state index is 12.9. The van der Waals surface area contributed by atoms with E-state index in [0.29, 0.717) is 5.76 Å². The molecule has 2 heterocycles. The van der Waals surface area contributed by atoms with Crippen LogP contribution in [0.2, 0.25) is 5.02 Å². The highest BCUT2D eigenvalue weighted by Crippen LogP contribution is 2.36. The number of fused-ring (bicyclic) bond motifs is 1. The number of amides is 1. The van der Waals surface area contributed by atoms with Gasteiger partial charge in [0.15, 0.2) is 0 Å². The summed E-state index contributed by atoms with van der Waals surface area (Å²) in [6.45, 7) is 0.446. The first-order valence-corrected chi connectivity index (χ1v) is 7.78. The van der Waals surface area contributed by atoms with Crippen molar-refractivity contribution in [3.05, 3.63) is 58.0 Å². The van der Waals surface area contributed by atoms with E-state index >= 15 is 0 Å². The Morgan fingerprint density at radius 2 is 2.20 bits per heavy atom. The molecule has 2 N–H and O–H groups in total. The Morgan fingerprint density at radius 3 is 2.92 bits per heavy atom. The Kier molecular flexibility index (Phi) is 4.66. The number of alkyl halides is 3. The van der Waals surface area contributed by atoms with E-state index in [1.54, 1.807) is 6.08 Å². The van der Waals surface area contributed by atoms with Gasteiger partial charge >= 0.3 is 6.18 Å². The van der Waals surface area contributed by atoms with Crippen LogP contribution in [-0.2, 0) is 22.1 Å². The third-order valence-corrected chi connectivity index (χ3v) is 4.35. The van der Waals surface area contributed by atoms with Gasteiger partial charge in [0.2, 0.25) is 5.91 Å². The third-order valence-electron chi connectivity index (χ3n) is 3.90. The second-order valence-corrected chi connectivity index (χ2v) is 6.04. The van der Waals surface area contributed by atoms with Crippen LogP contribution in [0.5, 0.6) is 0 Å². The van der Waals surface area contributed by atoms with Gasteiger partial charge in [0, 0.05) is 5.57 Å². The van der Waals surface area contributed by atoms with E-state index in [-0.39, 0.29) is 25.1 Å². The molecule has 1 unspecified atom stereocenters. The molecular weight excluding hydrogens is 361 g/mol. The van der Waals surface area contributed by atoms with E-state index in [0.717, 1.165) is 16.7 Å². The van der Waals surface area contributed by atoms with Crippen LogP contribution in [0.15, 0.2) is 41.8 Å². The standard InChI is InChI=1S/C16H14ClF3N2O3/c17-15-9(2-1-3-11(15)16(18,19)20)6-14(23)21-12-8-25-13-7-22(24)5-4-10(12)13/h1-4,7,12,24H,5-6,8H2,(H,21,23). The van der Waals surface area contributed by atoms with Crippen LogP contribution in [0.4, 0.5) is 13.2 Å². The molecule has 2 aliphatic rings. The maximum absolute atomic E-state index is 12.9. The largest absolute Gasteiger partial charge is 0.489 e. The van der Waals surface area contributed by atoms with Crippen molar-refractivity contribution in [3.63, 3.8) is 0 Å². The zero-order valence-electron chi connectivity index (χ0n) is 12.8. The molecular formula is C16H14ClF3N2O3. The molecule has 0 radical (unpaired) electrons. The van der Waals surface area contributed by atoms with Crippen molar-refractivity contribution in [2.24, 2.45) is 0 Å². The van der Waals surface area contributed by atoms with Crippen LogP contribution in [0.3, 0.4) is 0 Å². The van der Waals surface area contributed by atoms with Gasteiger partial charge < -0.3 is 10.1 Å². The van der Waals surface area contributed by atoms with Crippen molar-refractivity contribution >= 4 is 17.5 Å². The van der Waals surface area contributed by atoms with Gasteiger partial charge in [-0.25, -0.2) is 0 Å². The number of nitrogens with zero attached hydrogens (tertiary/aromatic N) is 1. The molecule has 5 nitrogen and oxygen atoms in total. The van der Waals surface area contributed by atoms with Crippen LogP contribution in [-0.4, -0.2) is 35.4 Å². The minimum absolute atomic E-state index is 0.0998. The van der Waals surface area contributed by atoms with E-state index in [1.165, 1.54) is 18.3 Å². The average molecular weight is 375 g/mol. The Morgan fingerprint density at radius 1 is 1.44 bits per heavy atom. The second kappa shape index (κ2) is 6.61.